The molecule has 0 unspecified atom stereocenters. The zero-order valence-electron chi connectivity index (χ0n) is 8.70. The van der Waals surface area contributed by atoms with Crippen LogP contribution in [-0.4, -0.2) is 23.5 Å². The quantitative estimate of drug-likeness (QED) is 0.535. The smallest absolute Gasteiger partial charge is 0.261 e. The first-order chi connectivity index (χ1) is 7.54. The highest BCUT2D eigenvalue weighted by Crippen LogP contribution is 2.20. The van der Waals surface area contributed by atoms with E-state index in [0.717, 1.165) is 0 Å². The van der Waals surface area contributed by atoms with Gasteiger partial charge in [0.1, 0.15) is 5.75 Å². The Morgan fingerprint density at radius 3 is 2.94 bits per heavy atom. The van der Waals surface area contributed by atoms with Crippen LogP contribution in [0.5, 0.6) is 5.75 Å². The first kappa shape index (κ1) is 12.3. The third-order valence-corrected chi connectivity index (χ3v) is 2.01. The normalized spacial score (nSPS) is 11.2. The van der Waals surface area contributed by atoms with E-state index in [1.54, 1.807) is 6.92 Å². The number of nitrogens with zero attached hydrogens (tertiary/aromatic N) is 1. The maximum absolute atomic E-state index is 11.6. The summed E-state index contributed by atoms with van der Waals surface area (Å²) in [6, 6.07) is 4.17. The van der Waals surface area contributed by atoms with E-state index >= 15 is 0 Å². The van der Waals surface area contributed by atoms with E-state index in [0.29, 0.717) is 11.6 Å². The number of guanidine groups is 1. The molecule has 0 spiro atoms. The molecule has 0 aliphatic rings. The van der Waals surface area contributed by atoms with E-state index in [4.69, 9.17) is 17.3 Å². The van der Waals surface area contributed by atoms with Crippen LogP contribution in [0.1, 0.15) is 17.3 Å². The zero-order chi connectivity index (χ0) is 12.1. The van der Waals surface area contributed by atoms with Crippen molar-refractivity contribution in [2.45, 2.75) is 6.92 Å². The molecule has 16 heavy (non-hydrogen) atoms. The number of amides is 1. The molecule has 0 saturated heterocycles. The van der Waals surface area contributed by atoms with Gasteiger partial charge in [-0.2, -0.15) is 0 Å². The van der Waals surface area contributed by atoms with Crippen LogP contribution < -0.4 is 11.1 Å². The third-order valence-electron chi connectivity index (χ3n) is 1.77. The number of phenolic OH excluding ortho intramolecular Hbond substituents is 1. The summed E-state index contributed by atoms with van der Waals surface area (Å²) in [6.45, 7) is 2.25. The van der Waals surface area contributed by atoms with Gasteiger partial charge in [-0.1, -0.05) is 11.6 Å². The molecule has 86 valence electrons. The van der Waals surface area contributed by atoms with Crippen LogP contribution >= 0.6 is 11.6 Å². The minimum Gasteiger partial charge on any atom is -0.507 e. The van der Waals surface area contributed by atoms with Crippen molar-refractivity contribution in [3.05, 3.63) is 28.8 Å². The van der Waals surface area contributed by atoms with Crippen LogP contribution in [0.3, 0.4) is 0 Å². The summed E-state index contributed by atoms with van der Waals surface area (Å²) in [7, 11) is 0. The Balaban J connectivity index is 2.88. The number of rotatable bonds is 2. The monoisotopic (exact) mass is 241 g/mol. The summed E-state index contributed by atoms with van der Waals surface area (Å²) < 4.78 is 0. The minimum absolute atomic E-state index is 0.00637. The maximum atomic E-state index is 11.6. The van der Waals surface area contributed by atoms with E-state index in [2.05, 4.69) is 10.3 Å². The number of nitrogens with two attached hydrogens (primary N) is 1. The molecular formula is C10H12ClN3O2. The molecule has 5 nitrogen and oxygen atoms in total. The summed E-state index contributed by atoms with van der Waals surface area (Å²) in [6.07, 6.45) is 0. The van der Waals surface area contributed by atoms with E-state index in [-0.39, 0.29) is 17.3 Å². The van der Waals surface area contributed by atoms with Crippen molar-refractivity contribution < 1.29 is 9.90 Å². The fourth-order valence-electron chi connectivity index (χ4n) is 1.08. The Morgan fingerprint density at radius 1 is 1.62 bits per heavy atom. The average Bonchev–Trinajstić information content (AvgIpc) is 2.21. The maximum Gasteiger partial charge on any atom is 0.261 e. The lowest BCUT2D eigenvalue weighted by atomic mass is 10.2. The van der Waals surface area contributed by atoms with Crippen molar-refractivity contribution in [1.82, 2.24) is 5.32 Å². The predicted octanol–water partition coefficient (Wildman–Crippen LogP) is 1.11. The molecule has 0 aromatic heterocycles. The van der Waals surface area contributed by atoms with Crippen LogP contribution in [0.2, 0.25) is 5.02 Å². The fourth-order valence-corrected chi connectivity index (χ4v) is 1.26. The summed E-state index contributed by atoms with van der Waals surface area (Å²) >= 11 is 5.71. The standard InChI is InChI=1S/C10H12ClN3O2/c1-2-13-10(12)14-9(16)7-5-6(11)3-4-8(7)15/h3-5,15H,2H2,1H3,(H3,12,13,14,16). The topological polar surface area (TPSA) is 87.7 Å². The molecule has 1 aromatic rings. The van der Waals surface area contributed by atoms with Crippen LogP contribution in [0.25, 0.3) is 0 Å². The van der Waals surface area contributed by atoms with Crippen molar-refractivity contribution >= 4 is 23.5 Å². The van der Waals surface area contributed by atoms with Gasteiger partial charge < -0.3 is 10.8 Å². The number of hydrogen-bond donors (Lipinski definition) is 3. The molecule has 0 fully saturated rings. The molecule has 0 heterocycles. The molecule has 0 aliphatic heterocycles. The Labute approximate surface area is 97.9 Å². The van der Waals surface area contributed by atoms with Crippen molar-refractivity contribution in [3.8, 4) is 5.75 Å². The minimum atomic E-state index is -0.547. The van der Waals surface area contributed by atoms with Gasteiger partial charge in [-0.3, -0.25) is 15.1 Å². The van der Waals surface area contributed by atoms with Crippen molar-refractivity contribution in [2.24, 2.45) is 10.7 Å². The van der Waals surface area contributed by atoms with Gasteiger partial charge in [0.15, 0.2) is 5.96 Å². The number of aliphatic imine (C=N–C) groups is 1. The number of carbonyl (C=O) groups excluding carboxylic acids is 1. The van der Waals surface area contributed by atoms with Crippen LogP contribution in [-0.2, 0) is 0 Å². The zero-order valence-corrected chi connectivity index (χ0v) is 9.45. The number of aromatic hydroxyl groups is 1. The highest BCUT2D eigenvalue weighted by Gasteiger charge is 2.12. The number of carbonyl (C=O) groups is 1. The molecule has 0 radical (unpaired) electrons. The van der Waals surface area contributed by atoms with Gasteiger partial charge in [0, 0.05) is 11.6 Å². The molecule has 1 amide bonds. The Morgan fingerprint density at radius 2 is 2.31 bits per heavy atom. The summed E-state index contributed by atoms with van der Waals surface area (Å²) in [5.74, 6) is -0.701. The van der Waals surface area contributed by atoms with E-state index in [9.17, 15) is 9.90 Å². The molecule has 1 aromatic carbocycles. The third kappa shape index (κ3) is 3.13. The Bertz CT molecular complexity index is 432. The first-order valence-electron chi connectivity index (χ1n) is 4.64. The molecule has 1 rings (SSSR count). The summed E-state index contributed by atoms with van der Waals surface area (Å²) in [5.41, 5.74) is 5.47. The number of halogens is 1. The van der Waals surface area contributed by atoms with Crippen LogP contribution in [0.15, 0.2) is 23.2 Å². The summed E-state index contributed by atoms with van der Waals surface area (Å²) in [4.78, 5) is 15.4. The molecule has 0 bridgehead atoms. The second kappa shape index (κ2) is 5.37. The molecule has 6 heteroatoms. The van der Waals surface area contributed by atoms with Gasteiger partial charge in [0.05, 0.1) is 5.56 Å². The largest absolute Gasteiger partial charge is 0.507 e. The van der Waals surface area contributed by atoms with E-state index < -0.39 is 5.91 Å². The van der Waals surface area contributed by atoms with Crippen molar-refractivity contribution in [2.75, 3.05) is 6.54 Å². The molecule has 0 saturated carbocycles. The van der Waals surface area contributed by atoms with Gasteiger partial charge in [-0.15, -0.1) is 0 Å². The number of phenols is 1. The molecule has 0 atom stereocenters. The fraction of sp³-hybridized carbons (Fsp3) is 0.200. The van der Waals surface area contributed by atoms with Crippen molar-refractivity contribution in [3.63, 3.8) is 0 Å². The highest BCUT2D eigenvalue weighted by atomic mass is 35.5. The lowest BCUT2D eigenvalue weighted by molar-refractivity contribution is 0.0974. The second-order valence-electron chi connectivity index (χ2n) is 2.98. The number of nitrogens with one attached hydrogen (secondary N) is 1. The van der Waals surface area contributed by atoms with Gasteiger partial charge in [-0.05, 0) is 25.1 Å². The number of benzene rings is 1. The second-order valence-corrected chi connectivity index (χ2v) is 3.41. The van der Waals surface area contributed by atoms with E-state index in [1.807, 2.05) is 0 Å². The Hall–Kier alpha value is -1.75. The summed E-state index contributed by atoms with van der Waals surface area (Å²) in [5, 5.41) is 12.1. The van der Waals surface area contributed by atoms with Crippen LogP contribution in [0, 0.1) is 0 Å². The average molecular weight is 242 g/mol. The van der Waals surface area contributed by atoms with Gasteiger partial charge in [0.2, 0.25) is 0 Å². The van der Waals surface area contributed by atoms with Crippen molar-refractivity contribution in [1.29, 1.82) is 0 Å². The Kier molecular flexibility index (Phi) is 4.13. The van der Waals surface area contributed by atoms with Gasteiger partial charge in [-0.25, -0.2) is 0 Å². The van der Waals surface area contributed by atoms with Gasteiger partial charge >= 0.3 is 0 Å². The molecule has 4 N–H and O–H groups in total. The lowest BCUT2D eigenvalue weighted by Crippen LogP contribution is -2.36. The number of hydrogen-bond acceptors (Lipinski definition) is 3. The predicted molar refractivity (Wildman–Crippen MR) is 62.7 cm³/mol. The van der Waals surface area contributed by atoms with Crippen LogP contribution in [0.4, 0.5) is 0 Å². The van der Waals surface area contributed by atoms with Gasteiger partial charge in [0.25, 0.3) is 5.91 Å². The molecule has 0 aliphatic carbocycles. The first-order valence-corrected chi connectivity index (χ1v) is 5.02. The SMILES string of the molecule is CCN=C(N)NC(=O)c1cc(Cl)ccc1O. The molecular weight excluding hydrogens is 230 g/mol. The van der Waals surface area contributed by atoms with E-state index in [1.165, 1.54) is 18.2 Å². The highest BCUT2D eigenvalue weighted by molar-refractivity contribution is 6.31. The lowest BCUT2D eigenvalue weighted by Gasteiger charge is -2.06.